The summed E-state index contributed by atoms with van der Waals surface area (Å²) in [7, 11) is 0. The van der Waals surface area contributed by atoms with Crippen LogP contribution in [0.5, 0.6) is 0 Å². The van der Waals surface area contributed by atoms with Gasteiger partial charge in [-0.15, -0.1) is 0 Å². The number of H-pyrrole nitrogens is 1. The van der Waals surface area contributed by atoms with E-state index in [4.69, 9.17) is 0 Å². The molecule has 0 radical (unpaired) electrons. The third-order valence-electron chi connectivity index (χ3n) is 3.90. The first-order valence-electron chi connectivity index (χ1n) is 6.98. The molecule has 1 aromatic carbocycles. The maximum absolute atomic E-state index is 13.9. The van der Waals surface area contributed by atoms with E-state index in [1.807, 2.05) is 0 Å². The first kappa shape index (κ1) is 14.6. The van der Waals surface area contributed by atoms with Crippen molar-refractivity contribution in [2.24, 2.45) is 0 Å². The molecule has 1 aromatic heterocycles. The zero-order valence-corrected chi connectivity index (χ0v) is 11.7. The van der Waals surface area contributed by atoms with Crippen molar-refractivity contribution in [2.75, 3.05) is 13.2 Å². The van der Waals surface area contributed by atoms with Crippen molar-refractivity contribution in [1.82, 2.24) is 15.1 Å². The number of benzene rings is 1. The van der Waals surface area contributed by atoms with Crippen LogP contribution in [0.15, 0.2) is 24.4 Å². The lowest BCUT2D eigenvalue weighted by Gasteiger charge is -2.22. The monoisotopic (exact) mass is 309 g/mol. The lowest BCUT2D eigenvalue weighted by molar-refractivity contribution is 0.0717. The smallest absolute Gasteiger partial charge is 0.258 e. The van der Waals surface area contributed by atoms with Gasteiger partial charge in [-0.3, -0.25) is 9.89 Å². The minimum atomic E-state index is -0.790. The summed E-state index contributed by atoms with van der Waals surface area (Å²) in [6.45, 7) is -0.204. The highest BCUT2D eigenvalue weighted by Gasteiger charge is 2.32. The Kier molecular flexibility index (Phi) is 3.87. The van der Waals surface area contributed by atoms with Gasteiger partial charge in [-0.2, -0.15) is 5.10 Å². The van der Waals surface area contributed by atoms with E-state index in [0.29, 0.717) is 19.4 Å². The first-order chi connectivity index (χ1) is 10.6. The normalized spacial score (nSPS) is 18.0. The van der Waals surface area contributed by atoms with Crippen LogP contribution in [0.1, 0.15) is 23.2 Å². The van der Waals surface area contributed by atoms with Crippen LogP contribution in [-0.4, -0.2) is 40.3 Å². The number of amides is 1. The Labute approximate surface area is 124 Å². The molecule has 1 amide bonds. The van der Waals surface area contributed by atoms with Gasteiger partial charge in [0.2, 0.25) is 0 Å². The highest BCUT2D eigenvalue weighted by molar-refractivity contribution is 6.00. The molecule has 3 rings (SSSR count). The summed E-state index contributed by atoms with van der Waals surface area (Å²) in [5.41, 5.74) is -0.311. The molecule has 0 aliphatic carbocycles. The lowest BCUT2D eigenvalue weighted by Crippen LogP contribution is -2.36. The summed E-state index contributed by atoms with van der Waals surface area (Å²) in [5, 5.41) is 6.19. The molecule has 0 unspecified atom stereocenters. The largest absolute Gasteiger partial charge is 0.333 e. The molecule has 2 aromatic rings. The van der Waals surface area contributed by atoms with Crippen LogP contribution in [0.2, 0.25) is 0 Å². The van der Waals surface area contributed by atoms with Gasteiger partial charge in [0.05, 0.1) is 29.1 Å². The molecule has 7 heteroatoms. The second-order valence-electron chi connectivity index (χ2n) is 5.20. The van der Waals surface area contributed by atoms with E-state index in [1.165, 1.54) is 17.2 Å². The highest BCUT2D eigenvalue weighted by Crippen LogP contribution is 2.29. The third kappa shape index (κ3) is 2.36. The van der Waals surface area contributed by atoms with Gasteiger partial charge in [0, 0.05) is 6.54 Å². The molecular weight excluding hydrogens is 295 g/mol. The molecule has 1 N–H and O–H groups in total. The zero-order valence-electron chi connectivity index (χ0n) is 11.7. The Morgan fingerprint density at radius 3 is 2.77 bits per heavy atom. The predicted molar refractivity (Wildman–Crippen MR) is 74.0 cm³/mol. The van der Waals surface area contributed by atoms with Crippen LogP contribution < -0.4 is 0 Å². The molecule has 0 saturated carbocycles. The average Bonchev–Trinajstić information content (AvgIpc) is 3.15. The van der Waals surface area contributed by atoms with Crippen LogP contribution in [0.3, 0.4) is 0 Å². The number of carbonyl (C=O) groups is 1. The van der Waals surface area contributed by atoms with Crippen LogP contribution in [0.25, 0.3) is 11.3 Å². The molecule has 4 nitrogen and oxygen atoms in total. The Morgan fingerprint density at radius 2 is 2.09 bits per heavy atom. The fourth-order valence-corrected chi connectivity index (χ4v) is 2.79. The Morgan fingerprint density at radius 1 is 1.36 bits per heavy atom. The zero-order chi connectivity index (χ0) is 15.7. The number of hydrogen-bond donors (Lipinski definition) is 1. The molecule has 22 heavy (non-hydrogen) atoms. The van der Waals surface area contributed by atoms with Crippen LogP contribution >= 0.6 is 0 Å². The quantitative estimate of drug-likeness (QED) is 0.947. The summed E-state index contributed by atoms with van der Waals surface area (Å²) in [5.74, 6) is -2.05. The fraction of sp³-hybridized carbons (Fsp3) is 0.333. The van der Waals surface area contributed by atoms with Gasteiger partial charge >= 0.3 is 0 Å². The topological polar surface area (TPSA) is 49.0 Å². The number of rotatable bonds is 3. The molecule has 1 atom stereocenters. The van der Waals surface area contributed by atoms with Gasteiger partial charge in [0.25, 0.3) is 5.91 Å². The Bertz CT molecular complexity index is 681. The maximum Gasteiger partial charge on any atom is 0.258 e. The summed E-state index contributed by atoms with van der Waals surface area (Å²) < 4.78 is 40.8. The molecule has 2 heterocycles. The number of nitrogens with zero attached hydrogens (tertiary/aromatic N) is 2. The third-order valence-corrected chi connectivity index (χ3v) is 3.90. The predicted octanol–water partition coefficient (Wildman–Crippen LogP) is 2.93. The van der Waals surface area contributed by atoms with Crippen LogP contribution in [0, 0.1) is 11.6 Å². The summed E-state index contributed by atoms with van der Waals surface area (Å²) in [4.78, 5) is 13.9. The number of likely N-dealkylation sites (tertiary alicyclic amines) is 1. The summed E-state index contributed by atoms with van der Waals surface area (Å²) in [6.07, 6.45) is 2.52. The van der Waals surface area contributed by atoms with E-state index < -0.39 is 30.3 Å². The van der Waals surface area contributed by atoms with Gasteiger partial charge in [0.1, 0.15) is 18.3 Å². The van der Waals surface area contributed by atoms with E-state index in [-0.39, 0.29) is 16.8 Å². The number of nitrogens with one attached hydrogen (secondary N) is 1. The molecule has 116 valence electrons. The van der Waals surface area contributed by atoms with E-state index in [2.05, 4.69) is 10.2 Å². The van der Waals surface area contributed by atoms with Gasteiger partial charge in [-0.05, 0) is 25.0 Å². The number of aromatic nitrogens is 2. The second kappa shape index (κ2) is 5.82. The molecule has 0 spiro atoms. The minimum absolute atomic E-state index is 0.0230. The van der Waals surface area contributed by atoms with Crippen LogP contribution in [0.4, 0.5) is 13.2 Å². The van der Waals surface area contributed by atoms with E-state index in [0.717, 1.165) is 12.1 Å². The Balaban J connectivity index is 2.01. The van der Waals surface area contributed by atoms with Gasteiger partial charge in [-0.1, -0.05) is 6.07 Å². The molecule has 1 aliphatic rings. The van der Waals surface area contributed by atoms with Crippen LogP contribution in [-0.2, 0) is 0 Å². The highest BCUT2D eigenvalue weighted by atomic mass is 19.1. The van der Waals surface area contributed by atoms with E-state index >= 15 is 0 Å². The molecule has 1 fully saturated rings. The van der Waals surface area contributed by atoms with Crippen molar-refractivity contribution in [1.29, 1.82) is 0 Å². The van der Waals surface area contributed by atoms with Gasteiger partial charge in [-0.25, -0.2) is 13.2 Å². The first-order valence-corrected chi connectivity index (χ1v) is 6.98. The number of carbonyl (C=O) groups excluding carboxylic acids is 1. The number of aromatic amines is 1. The van der Waals surface area contributed by atoms with Crippen molar-refractivity contribution in [3.05, 3.63) is 41.6 Å². The van der Waals surface area contributed by atoms with Crippen molar-refractivity contribution < 1.29 is 18.0 Å². The van der Waals surface area contributed by atoms with Crippen molar-refractivity contribution >= 4 is 5.91 Å². The van der Waals surface area contributed by atoms with E-state index in [9.17, 15) is 18.0 Å². The number of halogens is 3. The van der Waals surface area contributed by atoms with Crippen molar-refractivity contribution in [2.45, 2.75) is 18.9 Å². The van der Waals surface area contributed by atoms with Gasteiger partial charge in [0.15, 0.2) is 0 Å². The van der Waals surface area contributed by atoms with Crippen molar-refractivity contribution in [3.8, 4) is 11.3 Å². The Hall–Kier alpha value is -2.31. The summed E-state index contributed by atoms with van der Waals surface area (Å²) in [6, 6.07) is 2.97. The van der Waals surface area contributed by atoms with Gasteiger partial charge < -0.3 is 4.90 Å². The number of hydrogen-bond acceptors (Lipinski definition) is 2. The van der Waals surface area contributed by atoms with Crippen molar-refractivity contribution in [3.63, 3.8) is 0 Å². The number of alkyl halides is 1. The maximum atomic E-state index is 13.9. The fourth-order valence-electron chi connectivity index (χ4n) is 2.79. The minimum Gasteiger partial charge on any atom is -0.333 e. The van der Waals surface area contributed by atoms with E-state index in [1.54, 1.807) is 0 Å². The second-order valence-corrected chi connectivity index (χ2v) is 5.20. The molecular formula is C15H14F3N3O. The standard InChI is InChI=1S/C15H14F3N3O/c16-7-9-3-2-6-21(9)15(22)10-8-19-20-14(10)13-11(17)4-1-5-12(13)18/h1,4-5,8-9H,2-3,6-7H2,(H,19,20)/t9-/m1/s1. The molecule has 1 saturated heterocycles. The SMILES string of the molecule is O=C(c1cn[nH]c1-c1c(F)cccc1F)N1CCC[C@@H]1CF. The average molecular weight is 309 g/mol. The summed E-state index contributed by atoms with van der Waals surface area (Å²) >= 11 is 0. The lowest BCUT2D eigenvalue weighted by atomic mass is 10.1. The molecule has 0 bridgehead atoms. The molecule has 1 aliphatic heterocycles.